The Bertz CT molecular complexity index is 818. The molecule has 0 aliphatic carbocycles. The molecule has 0 atom stereocenters. The van der Waals surface area contributed by atoms with Crippen molar-refractivity contribution in [2.45, 2.75) is 6.42 Å². The van der Waals surface area contributed by atoms with E-state index in [1.54, 1.807) is 23.5 Å². The van der Waals surface area contributed by atoms with Gasteiger partial charge in [0.1, 0.15) is 5.75 Å². The van der Waals surface area contributed by atoms with Crippen molar-refractivity contribution in [3.8, 4) is 5.75 Å². The van der Waals surface area contributed by atoms with E-state index in [2.05, 4.69) is 9.88 Å². The highest BCUT2D eigenvalue weighted by Crippen LogP contribution is 2.20. The van der Waals surface area contributed by atoms with Crippen molar-refractivity contribution in [1.29, 1.82) is 0 Å². The van der Waals surface area contributed by atoms with Crippen LogP contribution in [-0.2, 0) is 11.2 Å². The molecule has 4 rings (SSSR count). The summed E-state index contributed by atoms with van der Waals surface area (Å²) in [4.78, 5) is 22.0. The Morgan fingerprint density at radius 3 is 2.62 bits per heavy atom. The molecular formula is C17H18N4O2S. The number of carbonyl (C=O) groups is 1. The van der Waals surface area contributed by atoms with Gasteiger partial charge in [-0.1, -0.05) is 0 Å². The van der Waals surface area contributed by atoms with Gasteiger partial charge in [0.05, 0.1) is 12.1 Å². The van der Waals surface area contributed by atoms with E-state index in [-0.39, 0.29) is 11.7 Å². The van der Waals surface area contributed by atoms with Gasteiger partial charge in [-0.15, -0.1) is 11.3 Å². The molecular weight excluding hydrogens is 324 g/mol. The molecule has 1 aromatic carbocycles. The first-order valence-corrected chi connectivity index (χ1v) is 8.80. The Hall–Kier alpha value is -2.54. The van der Waals surface area contributed by atoms with Gasteiger partial charge in [-0.05, 0) is 24.3 Å². The normalized spacial score (nSPS) is 15.2. The van der Waals surface area contributed by atoms with Crippen molar-refractivity contribution in [2.75, 3.05) is 31.1 Å². The first kappa shape index (κ1) is 15.0. The molecule has 1 aliphatic rings. The predicted octanol–water partition coefficient (Wildman–Crippen LogP) is 1.99. The molecule has 0 bridgehead atoms. The van der Waals surface area contributed by atoms with E-state index in [1.807, 2.05) is 39.2 Å². The number of rotatable bonds is 3. The van der Waals surface area contributed by atoms with Crippen LogP contribution >= 0.6 is 11.3 Å². The van der Waals surface area contributed by atoms with Crippen LogP contribution in [0.3, 0.4) is 0 Å². The van der Waals surface area contributed by atoms with Crippen LogP contribution in [0.4, 0.5) is 5.69 Å². The second-order valence-corrected chi connectivity index (χ2v) is 6.76. The third kappa shape index (κ3) is 2.94. The van der Waals surface area contributed by atoms with Gasteiger partial charge < -0.3 is 14.9 Å². The van der Waals surface area contributed by atoms with E-state index >= 15 is 0 Å². The van der Waals surface area contributed by atoms with Crippen LogP contribution in [0.5, 0.6) is 5.75 Å². The SMILES string of the molecule is O=C(Cc1cn2ccsc2n1)N1CCN(c2ccc(O)cc2)CC1. The van der Waals surface area contributed by atoms with Crippen LogP contribution in [0.25, 0.3) is 4.96 Å². The number of aromatic hydroxyl groups is 1. The quantitative estimate of drug-likeness (QED) is 0.791. The number of hydrogen-bond acceptors (Lipinski definition) is 5. The minimum absolute atomic E-state index is 0.131. The first-order chi connectivity index (χ1) is 11.7. The van der Waals surface area contributed by atoms with Gasteiger partial charge in [0, 0.05) is 49.6 Å². The number of phenols is 1. The Morgan fingerprint density at radius 2 is 1.92 bits per heavy atom. The molecule has 0 radical (unpaired) electrons. The minimum atomic E-state index is 0.131. The average molecular weight is 342 g/mol. The highest BCUT2D eigenvalue weighted by atomic mass is 32.1. The van der Waals surface area contributed by atoms with E-state index in [0.29, 0.717) is 19.5 Å². The second kappa shape index (κ2) is 6.16. The molecule has 0 spiro atoms. The minimum Gasteiger partial charge on any atom is -0.508 e. The zero-order chi connectivity index (χ0) is 16.5. The zero-order valence-electron chi connectivity index (χ0n) is 13.1. The molecule has 0 unspecified atom stereocenters. The molecule has 24 heavy (non-hydrogen) atoms. The van der Waals surface area contributed by atoms with Crippen LogP contribution < -0.4 is 4.90 Å². The van der Waals surface area contributed by atoms with Gasteiger partial charge in [-0.25, -0.2) is 4.98 Å². The number of thiazole rings is 1. The van der Waals surface area contributed by atoms with E-state index in [0.717, 1.165) is 29.4 Å². The zero-order valence-corrected chi connectivity index (χ0v) is 13.9. The van der Waals surface area contributed by atoms with Crippen molar-refractivity contribution in [2.24, 2.45) is 0 Å². The van der Waals surface area contributed by atoms with Gasteiger partial charge in [0.2, 0.25) is 5.91 Å². The number of amides is 1. The highest BCUT2D eigenvalue weighted by molar-refractivity contribution is 7.15. The summed E-state index contributed by atoms with van der Waals surface area (Å²) in [7, 11) is 0. The fourth-order valence-corrected chi connectivity index (χ4v) is 3.72. The molecule has 1 amide bonds. The van der Waals surface area contributed by atoms with Crippen LogP contribution in [0.2, 0.25) is 0 Å². The Labute approximate surface area is 143 Å². The number of phenolic OH excluding ortho intramolecular Hbond substituents is 1. The van der Waals surface area contributed by atoms with Crippen molar-refractivity contribution in [3.05, 3.63) is 47.7 Å². The molecule has 6 nitrogen and oxygen atoms in total. The summed E-state index contributed by atoms with van der Waals surface area (Å²) in [6, 6.07) is 7.20. The van der Waals surface area contributed by atoms with Crippen LogP contribution in [0.1, 0.15) is 5.69 Å². The van der Waals surface area contributed by atoms with Gasteiger partial charge in [0.15, 0.2) is 4.96 Å². The maximum atomic E-state index is 12.5. The van der Waals surface area contributed by atoms with Gasteiger partial charge >= 0.3 is 0 Å². The fraction of sp³-hybridized carbons (Fsp3) is 0.294. The molecule has 1 saturated heterocycles. The number of fused-ring (bicyclic) bond motifs is 1. The van der Waals surface area contributed by atoms with Crippen LogP contribution in [0.15, 0.2) is 42.0 Å². The van der Waals surface area contributed by atoms with Crippen molar-refractivity contribution in [3.63, 3.8) is 0 Å². The number of hydrogen-bond donors (Lipinski definition) is 1. The Kier molecular flexibility index (Phi) is 3.86. The molecule has 3 heterocycles. The molecule has 7 heteroatoms. The van der Waals surface area contributed by atoms with E-state index in [9.17, 15) is 9.90 Å². The highest BCUT2D eigenvalue weighted by Gasteiger charge is 2.22. The van der Waals surface area contributed by atoms with Crippen molar-refractivity contribution >= 4 is 27.9 Å². The van der Waals surface area contributed by atoms with Crippen molar-refractivity contribution < 1.29 is 9.90 Å². The number of benzene rings is 1. The lowest BCUT2D eigenvalue weighted by atomic mass is 10.2. The van der Waals surface area contributed by atoms with Crippen LogP contribution in [-0.4, -0.2) is 51.5 Å². The molecule has 124 valence electrons. The number of piperazine rings is 1. The van der Waals surface area contributed by atoms with E-state index < -0.39 is 0 Å². The molecule has 0 saturated carbocycles. The summed E-state index contributed by atoms with van der Waals surface area (Å²) < 4.78 is 1.95. The van der Waals surface area contributed by atoms with E-state index in [4.69, 9.17) is 0 Å². The summed E-state index contributed by atoms with van der Waals surface area (Å²) in [5.41, 5.74) is 1.90. The molecule has 1 fully saturated rings. The first-order valence-electron chi connectivity index (χ1n) is 7.92. The predicted molar refractivity (Wildman–Crippen MR) is 93.7 cm³/mol. The largest absolute Gasteiger partial charge is 0.508 e. The van der Waals surface area contributed by atoms with Gasteiger partial charge in [0.25, 0.3) is 0 Å². The number of carbonyl (C=O) groups excluding carboxylic acids is 1. The lowest BCUT2D eigenvalue weighted by Crippen LogP contribution is -2.49. The number of aromatic nitrogens is 2. The van der Waals surface area contributed by atoms with Gasteiger partial charge in [-0.3, -0.25) is 9.20 Å². The summed E-state index contributed by atoms with van der Waals surface area (Å²) in [5.74, 6) is 0.402. The van der Waals surface area contributed by atoms with Gasteiger partial charge in [-0.2, -0.15) is 0 Å². The second-order valence-electron chi connectivity index (χ2n) is 5.89. The number of anilines is 1. The number of imidazole rings is 1. The molecule has 3 aromatic rings. The van der Waals surface area contributed by atoms with Crippen LogP contribution in [0, 0.1) is 0 Å². The lowest BCUT2D eigenvalue weighted by Gasteiger charge is -2.36. The summed E-state index contributed by atoms with van der Waals surface area (Å²) in [6.45, 7) is 3.02. The van der Waals surface area contributed by atoms with E-state index in [1.165, 1.54) is 0 Å². The number of nitrogens with zero attached hydrogens (tertiary/aromatic N) is 4. The smallest absolute Gasteiger partial charge is 0.228 e. The monoisotopic (exact) mass is 342 g/mol. The molecule has 1 N–H and O–H groups in total. The third-order valence-electron chi connectivity index (χ3n) is 4.32. The summed E-state index contributed by atoms with van der Waals surface area (Å²) in [6.07, 6.45) is 4.24. The fourth-order valence-electron chi connectivity index (χ4n) is 3.01. The van der Waals surface area contributed by atoms with Crippen molar-refractivity contribution in [1.82, 2.24) is 14.3 Å². The maximum absolute atomic E-state index is 12.5. The lowest BCUT2D eigenvalue weighted by molar-refractivity contribution is -0.130. The Morgan fingerprint density at radius 1 is 1.17 bits per heavy atom. The topological polar surface area (TPSA) is 61.1 Å². The summed E-state index contributed by atoms with van der Waals surface area (Å²) in [5, 5.41) is 11.4. The Balaban J connectivity index is 1.35. The standard InChI is InChI=1S/C17H18N4O2S/c22-15-3-1-14(2-4-15)19-5-7-20(8-6-19)16(23)11-13-12-21-9-10-24-17(21)18-13/h1-4,9-10,12,22H,5-8,11H2. The average Bonchev–Trinajstić information content (AvgIpc) is 3.17. The molecule has 1 aliphatic heterocycles. The third-order valence-corrected chi connectivity index (χ3v) is 5.09. The molecule has 2 aromatic heterocycles. The maximum Gasteiger partial charge on any atom is 0.228 e. The summed E-state index contributed by atoms with van der Waals surface area (Å²) >= 11 is 1.57.